The third-order valence-corrected chi connectivity index (χ3v) is 3.55. The Morgan fingerprint density at radius 1 is 1.20 bits per heavy atom. The largest absolute Gasteiger partial charge is 0.491 e. The van der Waals surface area contributed by atoms with Crippen molar-refractivity contribution >= 4 is 5.69 Å². The van der Waals surface area contributed by atoms with Gasteiger partial charge in [-0.1, -0.05) is 18.2 Å². The van der Waals surface area contributed by atoms with Gasteiger partial charge in [0.15, 0.2) is 0 Å². The van der Waals surface area contributed by atoms with Crippen molar-refractivity contribution in [3.05, 3.63) is 59.4 Å². The molecule has 2 N–H and O–H groups in total. The highest BCUT2D eigenvalue weighted by Crippen LogP contribution is 2.28. The van der Waals surface area contributed by atoms with E-state index in [0.717, 1.165) is 35.7 Å². The summed E-state index contributed by atoms with van der Waals surface area (Å²) in [5.41, 5.74) is 8.68. The molecule has 0 aliphatic carbocycles. The van der Waals surface area contributed by atoms with Crippen molar-refractivity contribution in [2.75, 3.05) is 18.1 Å². The average molecular weight is 272 g/mol. The number of para-hydroxylation sites is 1. The molecule has 0 saturated carbocycles. The first kappa shape index (κ1) is 12.9. The quantitative estimate of drug-likeness (QED) is 0.913. The third-order valence-electron chi connectivity index (χ3n) is 3.55. The maximum atomic E-state index is 13.3. The van der Waals surface area contributed by atoms with E-state index in [0.29, 0.717) is 13.2 Å². The summed E-state index contributed by atoms with van der Waals surface area (Å²) in [5.74, 6) is 0.673. The second kappa shape index (κ2) is 5.51. The van der Waals surface area contributed by atoms with Crippen LogP contribution in [0.1, 0.15) is 11.1 Å². The Labute approximate surface area is 117 Å². The van der Waals surface area contributed by atoms with E-state index in [2.05, 4.69) is 11.0 Å². The van der Waals surface area contributed by atoms with Crippen molar-refractivity contribution in [1.29, 1.82) is 0 Å². The minimum absolute atomic E-state index is 0.249. The van der Waals surface area contributed by atoms with E-state index in [1.165, 1.54) is 12.1 Å². The number of nitrogens with two attached hydrogens (primary N) is 1. The Balaban J connectivity index is 1.95. The number of nitrogens with zero attached hydrogens (tertiary/aromatic N) is 1. The summed E-state index contributed by atoms with van der Waals surface area (Å²) < 4.78 is 19.1. The van der Waals surface area contributed by atoms with Gasteiger partial charge in [0.1, 0.15) is 18.2 Å². The topological polar surface area (TPSA) is 38.5 Å². The van der Waals surface area contributed by atoms with Crippen LogP contribution in [0.5, 0.6) is 5.75 Å². The molecule has 0 bridgehead atoms. The molecule has 0 spiro atoms. The van der Waals surface area contributed by atoms with Crippen LogP contribution in [0, 0.1) is 5.82 Å². The van der Waals surface area contributed by atoms with E-state index in [1.807, 2.05) is 18.2 Å². The monoisotopic (exact) mass is 272 g/mol. The zero-order valence-electron chi connectivity index (χ0n) is 11.2. The lowest BCUT2D eigenvalue weighted by atomic mass is 10.1. The zero-order chi connectivity index (χ0) is 13.9. The second-order valence-corrected chi connectivity index (χ2v) is 4.85. The van der Waals surface area contributed by atoms with Crippen LogP contribution in [-0.4, -0.2) is 13.2 Å². The van der Waals surface area contributed by atoms with Gasteiger partial charge in [-0.3, -0.25) is 0 Å². The van der Waals surface area contributed by atoms with Crippen LogP contribution in [0.2, 0.25) is 0 Å². The summed E-state index contributed by atoms with van der Waals surface area (Å²) in [6.07, 6.45) is 0. The molecule has 0 saturated heterocycles. The van der Waals surface area contributed by atoms with Crippen LogP contribution in [0.25, 0.3) is 0 Å². The summed E-state index contributed by atoms with van der Waals surface area (Å²) in [6.45, 7) is 2.44. The standard InChI is InChI=1S/C16H17FN2O/c17-14-5-6-15(13(9-14)10-18)19-7-8-20-16-4-2-1-3-12(16)11-19/h1-6,9H,7-8,10-11,18H2. The maximum Gasteiger partial charge on any atom is 0.124 e. The van der Waals surface area contributed by atoms with E-state index in [-0.39, 0.29) is 5.82 Å². The molecule has 2 aromatic rings. The molecule has 0 amide bonds. The van der Waals surface area contributed by atoms with Gasteiger partial charge in [0.2, 0.25) is 0 Å². The Morgan fingerprint density at radius 3 is 2.90 bits per heavy atom. The number of halogens is 1. The molecule has 2 aromatic carbocycles. The summed E-state index contributed by atoms with van der Waals surface area (Å²) in [7, 11) is 0. The first-order valence-corrected chi connectivity index (χ1v) is 6.72. The summed E-state index contributed by atoms with van der Waals surface area (Å²) >= 11 is 0. The molecule has 1 aliphatic heterocycles. The number of anilines is 1. The van der Waals surface area contributed by atoms with Gasteiger partial charge in [0.25, 0.3) is 0 Å². The molecule has 0 aromatic heterocycles. The van der Waals surface area contributed by atoms with Gasteiger partial charge in [0.05, 0.1) is 6.54 Å². The number of rotatable bonds is 2. The minimum atomic E-state index is -0.249. The van der Waals surface area contributed by atoms with Gasteiger partial charge >= 0.3 is 0 Å². The fraction of sp³-hybridized carbons (Fsp3) is 0.250. The summed E-state index contributed by atoms with van der Waals surface area (Å²) in [4.78, 5) is 2.19. The number of benzene rings is 2. The van der Waals surface area contributed by atoms with Gasteiger partial charge in [-0.2, -0.15) is 0 Å². The number of hydrogen-bond donors (Lipinski definition) is 1. The summed E-state index contributed by atoms with van der Waals surface area (Å²) in [5, 5.41) is 0. The van der Waals surface area contributed by atoms with E-state index in [9.17, 15) is 4.39 Å². The lowest BCUT2D eigenvalue weighted by molar-refractivity contribution is 0.331. The molecule has 3 nitrogen and oxygen atoms in total. The van der Waals surface area contributed by atoms with Gasteiger partial charge in [0, 0.05) is 24.3 Å². The number of fused-ring (bicyclic) bond motifs is 1. The van der Waals surface area contributed by atoms with Crippen LogP contribution in [0.4, 0.5) is 10.1 Å². The average Bonchev–Trinajstić information content (AvgIpc) is 2.69. The van der Waals surface area contributed by atoms with Crippen molar-refractivity contribution in [3.63, 3.8) is 0 Å². The second-order valence-electron chi connectivity index (χ2n) is 4.85. The van der Waals surface area contributed by atoms with Crippen molar-refractivity contribution < 1.29 is 9.13 Å². The number of hydrogen-bond acceptors (Lipinski definition) is 3. The lowest BCUT2D eigenvalue weighted by Gasteiger charge is -2.24. The molecule has 104 valence electrons. The fourth-order valence-corrected chi connectivity index (χ4v) is 2.56. The Hall–Kier alpha value is -2.07. The predicted molar refractivity (Wildman–Crippen MR) is 77.3 cm³/mol. The van der Waals surface area contributed by atoms with E-state index in [4.69, 9.17) is 10.5 Å². The van der Waals surface area contributed by atoms with Crippen LogP contribution in [0.15, 0.2) is 42.5 Å². The molecule has 20 heavy (non-hydrogen) atoms. The zero-order valence-corrected chi connectivity index (χ0v) is 11.2. The van der Waals surface area contributed by atoms with E-state index >= 15 is 0 Å². The van der Waals surface area contributed by atoms with Crippen LogP contribution in [-0.2, 0) is 13.1 Å². The van der Waals surface area contributed by atoms with Gasteiger partial charge in [-0.15, -0.1) is 0 Å². The van der Waals surface area contributed by atoms with Crippen molar-refractivity contribution in [1.82, 2.24) is 0 Å². The molecule has 0 atom stereocenters. The molecular weight excluding hydrogens is 255 g/mol. The highest BCUT2D eigenvalue weighted by Gasteiger charge is 2.17. The van der Waals surface area contributed by atoms with Crippen molar-refractivity contribution in [3.8, 4) is 5.75 Å². The first-order valence-electron chi connectivity index (χ1n) is 6.72. The molecule has 0 fully saturated rings. The SMILES string of the molecule is NCc1cc(F)ccc1N1CCOc2ccccc2C1. The van der Waals surface area contributed by atoms with Crippen LogP contribution < -0.4 is 15.4 Å². The minimum Gasteiger partial charge on any atom is -0.491 e. The highest BCUT2D eigenvalue weighted by molar-refractivity contribution is 5.55. The third kappa shape index (κ3) is 2.47. The van der Waals surface area contributed by atoms with E-state index in [1.54, 1.807) is 6.07 Å². The molecule has 3 rings (SSSR count). The Bertz CT molecular complexity index is 615. The van der Waals surface area contributed by atoms with Crippen molar-refractivity contribution in [2.24, 2.45) is 5.73 Å². The summed E-state index contributed by atoms with van der Waals surface area (Å²) in [6, 6.07) is 12.8. The predicted octanol–water partition coefficient (Wildman–Crippen LogP) is 2.68. The number of ether oxygens (including phenoxy) is 1. The fourth-order valence-electron chi connectivity index (χ4n) is 2.56. The lowest BCUT2D eigenvalue weighted by Crippen LogP contribution is -2.26. The Morgan fingerprint density at radius 2 is 2.05 bits per heavy atom. The maximum absolute atomic E-state index is 13.3. The smallest absolute Gasteiger partial charge is 0.124 e. The molecule has 0 unspecified atom stereocenters. The van der Waals surface area contributed by atoms with Gasteiger partial charge < -0.3 is 15.4 Å². The van der Waals surface area contributed by atoms with Crippen LogP contribution >= 0.6 is 0 Å². The van der Waals surface area contributed by atoms with Gasteiger partial charge in [-0.25, -0.2) is 4.39 Å². The molecule has 0 radical (unpaired) electrons. The highest BCUT2D eigenvalue weighted by atomic mass is 19.1. The molecule has 4 heteroatoms. The molecular formula is C16H17FN2O. The van der Waals surface area contributed by atoms with Crippen molar-refractivity contribution in [2.45, 2.75) is 13.1 Å². The first-order chi connectivity index (χ1) is 9.78. The Kier molecular flexibility index (Phi) is 3.56. The van der Waals surface area contributed by atoms with E-state index < -0.39 is 0 Å². The van der Waals surface area contributed by atoms with Gasteiger partial charge in [-0.05, 0) is 29.8 Å². The van der Waals surface area contributed by atoms with Crippen LogP contribution in [0.3, 0.4) is 0 Å². The molecule has 1 aliphatic rings. The molecule has 1 heterocycles. The normalized spacial score (nSPS) is 14.4.